The van der Waals surface area contributed by atoms with Crippen molar-refractivity contribution in [3.8, 4) is 0 Å². The first-order valence-corrected chi connectivity index (χ1v) is 6.43. The van der Waals surface area contributed by atoms with Crippen molar-refractivity contribution in [2.45, 2.75) is 25.9 Å². The molecule has 4 N–H and O–H groups in total. The molecule has 19 heavy (non-hydrogen) atoms. The third-order valence-electron chi connectivity index (χ3n) is 3.67. The first kappa shape index (κ1) is 16.0. The average molecular weight is 284 g/mol. The monoisotopic (exact) mass is 283 g/mol. The highest BCUT2D eigenvalue weighted by atomic mass is 35.5. The number of piperidine rings is 1. The lowest BCUT2D eigenvalue weighted by atomic mass is 9.94. The highest BCUT2D eigenvalue weighted by molar-refractivity contribution is 5.92. The first-order valence-electron chi connectivity index (χ1n) is 6.43. The van der Waals surface area contributed by atoms with Crippen LogP contribution in [0.2, 0.25) is 0 Å². The molecule has 0 spiro atoms. The second-order valence-electron chi connectivity index (χ2n) is 5.23. The van der Waals surface area contributed by atoms with Crippen molar-refractivity contribution < 1.29 is 4.79 Å². The summed E-state index contributed by atoms with van der Waals surface area (Å²) < 4.78 is 0. The van der Waals surface area contributed by atoms with Crippen LogP contribution in [0.4, 0.5) is 0 Å². The van der Waals surface area contributed by atoms with Gasteiger partial charge < -0.3 is 11.5 Å². The van der Waals surface area contributed by atoms with E-state index in [-0.39, 0.29) is 18.3 Å². The molecule has 1 fully saturated rings. The van der Waals surface area contributed by atoms with E-state index in [0.29, 0.717) is 17.5 Å². The van der Waals surface area contributed by atoms with Gasteiger partial charge in [0, 0.05) is 24.7 Å². The Balaban J connectivity index is 0.00000180. The third-order valence-corrected chi connectivity index (χ3v) is 3.67. The van der Waals surface area contributed by atoms with E-state index >= 15 is 0 Å². The van der Waals surface area contributed by atoms with Crippen LogP contribution in [0, 0.1) is 5.92 Å². The Morgan fingerprint density at radius 3 is 2.84 bits per heavy atom. The van der Waals surface area contributed by atoms with E-state index < -0.39 is 0 Å². The van der Waals surface area contributed by atoms with Crippen molar-refractivity contribution >= 4 is 18.3 Å². The van der Waals surface area contributed by atoms with E-state index in [1.165, 1.54) is 0 Å². The molecular weight excluding hydrogens is 262 g/mol. The molecule has 2 unspecified atom stereocenters. The highest BCUT2D eigenvalue weighted by Crippen LogP contribution is 2.17. The van der Waals surface area contributed by atoms with Crippen molar-refractivity contribution in [2.24, 2.45) is 17.4 Å². The molecule has 1 aliphatic rings. The summed E-state index contributed by atoms with van der Waals surface area (Å²) in [6.07, 6.45) is 1.04. The maximum atomic E-state index is 11.1. The summed E-state index contributed by atoms with van der Waals surface area (Å²) in [5.41, 5.74) is 13.0. The highest BCUT2D eigenvalue weighted by Gasteiger charge is 2.22. The molecule has 1 aromatic carbocycles. The Kier molecular flexibility index (Phi) is 5.79. The van der Waals surface area contributed by atoms with Crippen LogP contribution < -0.4 is 11.5 Å². The minimum absolute atomic E-state index is 0. The van der Waals surface area contributed by atoms with Gasteiger partial charge in [0.05, 0.1) is 0 Å². The minimum atomic E-state index is -0.370. The summed E-state index contributed by atoms with van der Waals surface area (Å²) in [5.74, 6) is 0.156. The Morgan fingerprint density at radius 2 is 2.21 bits per heavy atom. The molecular formula is C14H22ClN3O. The molecule has 2 atom stereocenters. The summed E-state index contributed by atoms with van der Waals surface area (Å²) >= 11 is 0. The van der Waals surface area contributed by atoms with E-state index in [2.05, 4.69) is 11.8 Å². The summed E-state index contributed by atoms with van der Waals surface area (Å²) in [4.78, 5) is 13.5. The van der Waals surface area contributed by atoms with Gasteiger partial charge in [-0.3, -0.25) is 9.69 Å². The Labute approximate surface area is 120 Å². The molecule has 1 aromatic rings. The lowest BCUT2D eigenvalue weighted by Crippen LogP contribution is -2.45. The van der Waals surface area contributed by atoms with E-state index in [9.17, 15) is 4.79 Å². The molecule has 0 saturated carbocycles. The number of hydrogen-bond donors (Lipinski definition) is 2. The summed E-state index contributed by atoms with van der Waals surface area (Å²) in [6.45, 7) is 5.09. The largest absolute Gasteiger partial charge is 0.366 e. The number of carbonyl (C=O) groups excluding carboxylic acids is 1. The molecule has 1 amide bonds. The molecule has 1 aliphatic heterocycles. The fraction of sp³-hybridized carbons (Fsp3) is 0.500. The van der Waals surface area contributed by atoms with Gasteiger partial charge in [-0.05, 0) is 36.6 Å². The number of amides is 1. The van der Waals surface area contributed by atoms with Crippen molar-refractivity contribution in [1.29, 1.82) is 0 Å². The van der Waals surface area contributed by atoms with Gasteiger partial charge in [0.15, 0.2) is 0 Å². The number of nitrogens with two attached hydrogens (primary N) is 2. The molecule has 5 heteroatoms. The summed E-state index contributed by atoms with van der Waals surface area (Å²) in [6, 6.07) is 7.86. The smallest absolute Gasteiger partial charge is 0.248 e. The SMILES string of the molecule is CC1CN(Cc2cccc(C(N)=O)c2)CCC1N.Cl. The lowest BCUT2D eigenvalue weighted by molar-refractivity contribution is 0.1000. The number of primary amides is 1. The van der Waals surface area contributed by atoms with Crippen LogP contribution >= 0.6 is 12.4 Å². The van der Waals surface area contributed by atoms with Crippen LogP contribution in [0.25, 0.3) is 0 Å². The number of hydrogen-bond acceptors (Lipinski definition) is 3. The third kappa shape index (κ3) is 4.20. The van der Waals surface area contributed by atoms with E-state index in [1.807, 2.05) is 18.2 Å². The number of benzene rings is 1. The Morgan fingerprint density at radius 1 is 1.47 bits per heavy atom. The van der Waals surface area contributed by atoms with Gasteiger partial charge >= 0.3 is 0 Å². The van der Waals surface area contributed by atoms with Crippen molar-refractivity contribution in [2.75, 3.05) is 13.1 Å². The van der Waals surface area contributed by atoms with Gasteiger partial charge in [0.1, 0.15) is 0 Å². The molecule has 1 saturated heterocycles. The molecule has 0 bridgehead atoms. The van der Waals surface area contributed by atoms with Gasteiger partial charge in [-0.25, -0.2) is 0 Å². The van der Waals surface area contributed by atoms with E-state index in [1.54, 1.807) is 6.07 Å². The molecule has 0 aromatic heterocycles. The van der Waals surface area contributed by atoms with Gasteiger partial charge in [-0.2, -0.15) is 0 Å². The molecule has 0 radical (unpaired) electrons. The molecule has 0 aliphatic carbocycles. The first-order chi connectivity index (χ1) is 8.56. The molecule has 2 rings (SSSR count). The number of likely N-dealkylation sites (tertiary alicyclic amines) is 1. The van der Waals surface area contributed by atoms with Gasteiger partial charge in [0.2, 0.25) is 5.91 Å². The van der Waals surface area contributed by atoms with Crippen LogP contribution in [0.5, 0.6) is 0 Å². The number of halogens is 1. The topological polar surface area (TPSA) is 72.3 Å². The Bertz CT molecular complexity index is 438. The van der Waals surface area contributed by atoms with Crippen molar-refractivity contribution in [3.05, 3.63) is 35.4 Å². The molecule has 4 nitrogen and oxygen atoms in total. The average Bonchev–Trinajstić information content (AvgIpc) is 2.34. The maximum absolute atomic E-state index is 11.1. The quantitative estimate of drug-likeness (QED) is 0.880. The fourth-order valence-electron chi connectivity index (χ4n) is 2.47. The zero-order valence-electron chi connectivity index (χ0n) is 11.2. The predicted molar refractivity (Wildman–Crippen MR) is 79.2 cm³/mol. The van der Waals surface area contributed by atoms with Gasteiger partial charge in [-0.1, -0.05) is 19.1 Å². The standard InChI is InChI=1S/C14H21N3O.ClH/c1-10-8-17(6-5-13(10)15)9-11-3-2-4-12(7-11)14(16)18;/h2-4,7,10,13H,5-6,8-9,15H2,1H3,(H2,16,18);1H. The van der Waals surface area contributed by atoms with Gasteiger partial charge in [0.25, 0.3) is 0 Å². The maximum Gasteiger partial charge on any atom is 0.248 e. The van der Waals surface area contributed by atoms with E-state index in [4.69, 9.17) is 11.5 Å². The predicted octanol–water partition coefficient (Wildman–Crippen LogP) is 1.38. The molecule has 106 valence electrons. The lowest BCUT2D eigenvalue weighted by Gasteiger charge is -2.35. The second-order valence-corrected chi connectivity index (χ2v) is 5.23. The van der Waals surface area contributed by atoms with Crippen LogP contribution in [0.3, 0.4) is 0 Å². The zero-order valence-corrected chi connectivity index (χ0v) is 12.0. The van der Waals surface area contributed by atoms with E-state index in [0.717, 1.165) is 31.6 Å². The van der Waals surface area contributed by atoms with Crippen LogP contribution in [0.1, 0.15) is 29.3 Å². The zero-order chi connectivity index (χ0) is 13.1. The summed E-state index contributed by atoms with van der Waals surface area (Å²) in [5, 5.41) is 0. The second kappa shape index (κ2) is 6.89. The normalized spacial score (nSPS) is 23.7. The van der Waals surface area contributed by atoms with Crippen molar-refractivity contribution in [3.63, 3.8) is 0 Å². The van der Waals surface area contributed by atoms with Crippen molar-refractivity contribution in [1.82, 2.24) is 4.90 Å². The number of carbonyl (C=O) groups is 1. The Hall–Kier alpha value is -1.10. The summed E-state index contributed by atoms with van der Waals surface area (Å²) in [7, 11) is 0. The van der Waals surface area contributed by atoms with Gasteiger partial charge in [-0.15, -0.1) is 12.4 Å². The van der Waals surface area contributed by atoms with Crippen LogP contribution in [0.15, 0.2) is 24.3 Å². The number of rotatable bonds is 3. The molecule has 1 heterocycles. The fourth-order valence-corrected chi connectivity index (χ4v) is 2.47. The van der Waals surface area contributed by atoms with Crippen LogP contribution in [-0.4, -0.2) is 29.9 Å². The minimum Gasteiger partial charge on any atom is -0.366 e. The number of nitrogens with zero attached hydrogens (tertiary/aromatic N) is 1. The van der Waals surface area contributed by atoms with Crippen LogP contribution in [-0.2, 0) is 6.54 Å².